The predicted molar refractivity (Wildman–Crippen MR) is 70.0 cm³/mol. The Bertz CT molecular complexity index is 526. The molecular weight excluding hydrogens is 274 g/mol. The summed E-state index contributed by atoms with van der Waals surface area (Å²) in [7, 11) is 1.62. The van der Waals surface area contributed by atoms with Gasteiger partial charge in [-0.05, 0) is 6.92 Å². The zero-order chi connectivity index (χ0) is 13.1. The minimum Gasteiger partial charge on any atom is -0.383 e. The summed E-state index contributed by atoms with van der Waals surface area (Å²) >= 11 is 7.47. The van der Waals surface area contributed by atoms with Crippen molar-refractivity contribution in [2.24, 2.45) is 0 Å². The van der Waals surface area contributed by atoms with Gasteiger partial charge in [0, 0.05) is 18.2 Å². The van der Waals surface area contributed by atoms with Crippen LogP contribution in [0.5, 0.6) is 0 Å². The molecule has 0 spiro atoms. The second kappa shape index (κ2) is 5.79. The summed E-state index contributed by atoms with van der Waals surface area (Å²) in [6.45, 7) is 2.94. The molecule has 5 nitrogen and oxygen atoms in total. The van der Waals surface area contributed by atoms with Crippen molar-refractivity contribution in [3.63, 3.8) is 0 Å². The molecular formula is C11H14ClN3O2S. The zero-order valence-corrected chi connectivity index (χ0v) is 11.7. The topological polar surface area (TPSA) is 60.2 Å². The highest BCUT2D eigenvalue weighted by Gasteiger charge is 2.22. The molecule has 0 bridgehead atoms. The van der Waals surface area contributed by atoms with E-state index in [0.717, 1.165) is 5.69 Å². The van der Waals surface area contributed by atoms with Gasteiger partial charge in [0.1, 0.15) is 11.1 Å². The fourth-order valence-electron chi connectivity index (χ4n) is 1.61. The summed E-state index contributed by atoms with van der Waals surface area (Å²) < 4.78 is 6.65. The van der Waals surface area contributed by atoms with E-state index in [0.29, 0.717) is 28.9 Å². The van der Waals surface area contributed by atoms with Crippen LogP contribution in [-0.2, 0) is 11.3 Å². The van der Waals surface area contributed by atoms with E-state index >= 15 is 0 Å². The van der Waals surface area contributed by atoms with Crippen molar-refractivity contribution in [1.82, 2.24) is 14.8 Å². The molecule has 2 aromatic rings. The Morgan fingerprint density at radius 2 is 2.39 bits per heavy atom. The maximum Gasteiger partial charge on any atom is 0.148 e. The summed E-state index contributed by atoms with van der Waals surface area (Å²) in [6, 6.07) is 0. The van der Waals surface area contributed by atoms with Gasteiger partial charge in [0.2, 0.25) is 0 Å². The monoisotopic (exact) mass is 287 g/mol. The lowest BCUT2D eigenvalue weighted by molar-refractivity contribution is 0.171. The van der Waals surface area contributed by atoms with Crippen molar-refractivity contribution < 1.29 is 9.84 Å². The van der Waals surface area contributed by atoms with Gasteiger partial charge in [-0.3, -0.25) is 4.68 Å². The van der Waals surface area contributed by atoms with Crippen molar-refractivity contribution in [3.8, 4) is 0 Å². The zero-order valence-electron chi connectivity index (χ0n) is 10.1. The highest BCUT2D eigenvalue weighted by Crippen LogP contribution is 2.29. The number of aliphatic hydroxyl groups is 1. The van der Waals surface area contributed by atoms with Gasteiger partial charge in [0.05, 0.1) is 30.1 Å². The lowest BCUT2D eigenvalue weighted by atomic mass is 10.2. The molecule has 1 N–H and O–H groups in total. The van der Waals surface area contributed by atoms with Crippen LogP contribution in [0.3, 0.4) is 0 Å². The normalized spacial score (nSPS) is 12.9. The van der Waals surface area contributed by atoms with Crippen LogP contribution in [0.1, 0.15) is 22.5 Å². The number of hydrogen-bond donors (Lipinski definition) is 1. The quantitative estimate of drug-likeness (QED) is 0.914. The van der Waals surface area contributed by atoms with Gasteiger partial charge in [-0.1, -0.05) is 11.6 Å². The molecule has 7 heteroatoms. The number of hydrogen-bond acceptors (Lipinski definition) is 5. The Labute approximate surface area is 114 Å². The van der Waals surface area contributed by atoms with Gasteiger partial charge in [0.25, 0.3) is 0 Å². The lowest BCUT2D eigenvalue weighted by Crippen LogP contribution is -2.13. The van der Waals surface area contributed by atoms with E-state index in [1.165, 1.54) is 17.5 Å². The lowest BCUT2D eigenvalue weighted by Gasteiger charge is -2.11. The maximum atomic E-state index is 10.3. The van der Waals surface area contributed by atoms with Crippen LogP contribution in [-0.4, -0.2) is 33.6 Å². The fourth-order valence-corrected chi connectivity index (χ4v) is 2.64. The van der Waals surface area contributed by atoms with Crippen LogP contribution >= 0.6 is 22.9 Å². The molecule has 0 saturated carbocycles. The van der Waals surface area contributed by atoms with Crippen LogP contribution in [0.25, 0.3) is 0 Å². The van der Waals surface area contributed by atoms with Gasteiger partial charge in [0.15, 0.2) is 0 Å². The SMILES string of the molecule is COCCn1ncc(Cl)c1C(O)c1nc(C)cs1. The van der Waals surface area contributed by atoms with Crippen molar-refractivity contribution >= 4 is 22.9 Å². The van der Waals surface area contributed by atoms with Crippen molar-refractivity contribution in [1.29, 1.82) is 0 Å². The first kappa shape index (κ1) is 13.5. The van der Waals surface area contributed by atoms with Gasteiger partial charge in [-0.15, -0.1) is 11.3 Å². The summed E-state index contributed by atoms with van der Waals surface area (Å²) in [5.41, 5.74) is 1.44. The Kier molecular flexibility index (Phi) is 4.34. The van der Waals surface area contributed by atoms with E-state index in [1.807, 2.05) is 12.3 Å². The average Bonchev–Trinajstić information content (AvgIpc) is 2.92. The third-order valence-electron chi connectivity index (χ3n) is 2.47. The highest BCUT2D eigenvalue weighted by molar-refractivity contribution is 7.09. The minimum atomic E-state index is -0.851. The molecule has 1 atom stereocenters. The molecule has 0 radical (unpaired) electrons. The van der Waals surface area contributed by atoms with Gasteiger partial charge in [-0.25, -0.2) is 4.98 Å². The molecule has 2 rings (SSSR count). The second-order valence-electron chi connectivity index (χ2n) is 3.82. The number of aryl methyl sites for hydroxylation is 1. The molecule has 0 aliphatic rings. The van der Waals surface area contributed by atoms with Crippen LogP contribution in [0.4, 0.5) is 0 Å². The Balaban J connectivity index is 2.28. The first-order valence-electron chi connectivity index (χ1n) is 5.43. The molecule has 0 aromatic carbocycles. The maximum absolute atomic E-state index is 10.3. The van der Waals surface area contributed by atoms with E-state index < -0.39 is 6.10 Å². The molecule has 0 amide bonds. The van der Waals surface area contributed by atoms with Crippen LogP contribution in [0.15, 0.2) is 11.6 Å². The van der Waals surface area contributed by atoms with Crippen LogP contribution in [0, 0.1) is 6.92 Å². The largest absolute Gasteiger partial charge is 0.383 e. The molecule has 18 heavy (non-hydrogen) atoms. The first-order chi connectivity index (χ1) is 8.63. The number of rotatable bonds is 5. The van der Waals surface area contributed by atoms with E-state index in [4.69, 9.17) is 16.3 Å². The van der Waals surface area contributed by atoms with Crippen LogP contribution in [0.2, 0.25) is 5.02 Å². The average molecular weight is 288 g/mol. The Morgan fingerprint density at radius 3 is 3.00 bits per heavy atom. The summed E-state index contributed by atoms with van der Waals surface area (Å²) in [6.07, 6.45) is 0.673. The smallest absolute Gasteiger partial charge is 0.148 e. The predicted octanol–water partition coefficient (Wildman–Crippen LogP) is 2.03. The van der Waals surface area contributed by atoms with Crippen molar-refractivity contribution in [2.45, 2.75) is 19.6 Å². The third kappa shape index (κ3) is 2.72. The second-order valence-corrected chi connectivity index (χ2v) is 5.12. The van der Waals surface area contributed by atoms with Gasteiger partial charge in [-0.2, -0.15) is 5.10 Å². The fraction of sp³-hybridized carbons (Fsp3) is 0.455. The van der Waals surface area contributed by atoms with E-state index in [-0.39, 0.29) is 0 Å². The van der Waals surface area contributed by atoms with E-state index in [1.54, 1.807) is 11.8 Å². The number of methoxy groups -OCH3 is 1. The van der Waals surface area contributed by atoms with Crippen molar-refractivity contribution in [2.75, 3.05) is 13.7 Å². The number of nitrogens with zero attached hydrogens (tertiary/aromatic N) is 3. The van der Waals surface area contributed by atoms with Gasteiger partial charge < -0.3 is 9.84 Å². The molecule has 0 saturated heterocycles. The number of aromatic nitrogens is 3. The molecule has 2 aromatic heterocycles. The Hall–Kier alpha value is -0.950. The third-order valence-corrected chi connectivity index (χ3v) is 3.78. The number of aliphatic hydroxyl groups excluding tert-OH is 1. The van der Waals surface area contributed by atoms with E-state index in [9.17, 15) is 5.11 Å². The van der Waals surface area contributed by atoms with Crippen molar-refractivity contribution in [3.05, 3.63) is 33.0 Å². The molecule has 0 aliphatic carbocycles. The molecule has 98 valence electrons. The molecule has 0 fully saturated rings. The standard InChI is InChI=1S/C11H14ClN3O2S/c1-7-6-18-11(14-7)10(16)9-8(12)5-13-15(9)3-4-17-2/h5-6,10,16H,3-4H2,1-2H3. The summed E-state index contributed by atoms with van der Waals surface area (Å²) in [5.74, 6) is 0. The Morgan fingerprint density at radius 1 is 1.61 bits per heavy atom. The summed E-state index contributed by atoms with van der Waals surface area (Å²) in [5, 5.41) is 17.4. The number of halogens is 1. The van der Waals surface area contributed by atoms with E-state index in [2.05, 4.69) is 10.1 Å². The number of thiazole rings is 1. The first-order valence-corrected chi connectivity index (χ1v) is 6.69. The van der Waals surface area contributed by atoms with Crippen LogP contribution < -0.4 is 0 Å². The molecule has 2 heterocycles. The molecule has 0 aliphatic heterocycles. The molecule has 1 unspecified atom stereocenters. The number of ether oxygens (including phenoxy) is 1. The van der Waals surface area contributed by atoms with Gasteiger partial charge >= 0.3 is 0 Å². The summed E-state index contributed by atoms with van der Waals surface area (Å²) in [4.78, 5) is 4.27. The minimum absolute atomic E-state index is 0.437. The highest BCUT2D eigenvalue weighted by atomic mass is 35.5.